The summed E-state index contributed by atoms with van der Waals surface area (Å²) in [6.45, 7) is 8.51. The lowest BCUT2D eigenvalue weighted by atomic mass is 10.1. The van der Waals surface area contributed by atoms with Gasteiger partial charge < -0.3 is 19.4 Å². The number of likely N-dealkylation sites (N-methyl/N-ethyl adjacent to an activating group) is 1. The second-order valence-corrected chi connectivity index (χ2v) is 8.33. The predicted octanol–water partition coefficient (Wildman–Crippen LogP) is 1.71. The van der Waals surface area contributed by atoms with Crippen molar-refractivity contribution < 1.29 is 19.1 Å². The highest BCUT2D eigenvalue weighted by molar-refractivity contribution is 6.31. The third-order valence-electron chi connectivity index (χ3n) is 6.06. The van der Waals surface area contributed by atoms with Gasteiger partial charge in [-0.3, -0.25) is 19.3 Å². The third kappa shape index (κ3) is 5.30. The van der Waals surface area contributed by atoms with E-state index in [9.17, 15) is 14.4 Å². The second kappa shape index (κ2) is 10.3. The van der Waals surface area contributed by atoms with Crippen LogP contribution in [0.4, 0.5) is 5.69 Å². The molecule has 1 unspecified atom stereocenters. The van der Waals surface area contributed by atoms with Crippen molar-refractivity contribution in [3.63, 3.8) is 0 Å². The SMILES string of the molecule is CCN(CC)C(=O)CN1CCN(C(=O)C2CC(=O)N(c3cc(Cl)ccc3OC)C2)CC1. The van der Waals surface area contributed by atoms with Crippen LogP contribution in [0.1, 0.15) is 20.3 Å². The standard InChI is InChI=1S/C22H31ClN4O4/c1-4-25(5-2)21(29)15-24-8-10-26(11-9-24)22(30)16-12-20(28)27(14-16)18-13-17(23)6-7-19(18)31-3/h6-7,13,16H,4-5,8-12,14-15H2,1-3H3. The normalized spacial score (nSPS) is 19.6. The van der Waals surface area contributed by atoms with Crippen molar-refractivity contribution in [3.05, 3.63) is 23.2 Å². The van der Waals surface area contributed by atoms with Crippen LogP contribution < -0.4 is 9.64 Å². The Kier molecular flexibility index (Phi) is 7.78. The second-order valence-electron chi connectivity index (χ2n) is 7.89. The van der Waals surface area contributed by atoms with E-state index in [-0.39, 0.29) is 30.1 Å². The van der Waals surface area contributed by atoms with E-state index in [0.717, 1.165) is 0 Å². The molecule has 3 rings (SSSR count). The molecule has 0 aliphatic carbocycles. The van der Waals surface area contributed by atoms with Gasteiger partial charge >= 0.3 is 0 Å². The van der Waals surface area contributed by atoms with Gasteiger partial charge in [-0.15, -0.1) is 0 Å². The molecule has 1 atom stereocenters. The Bertz CT molecular complexity index is 822. The molecule has 0 radical (unpaired) electrons. The van der Waals surface area contributed by atoms with E-state index in [1.165, 1.54) is 0 Å². The number of ether oxygens (including phenoxy) is 1. The highest BCUT2D eigenvalue weighted by atomic mass is 35.5. The molecule has 0 spiro atoms. The van der Waals surface area contributed by atoms with Crippen molar-refractivity contribution in [2.75, 3.05) is 64.4 Å². The fraction of sp³-hybridized carbons (Fsp3) is 0.591. The molecule has 3 amide bonds. The molecule has 0 bridgehead atoms. The third-order valence-corrected chi connectivity index (χ3v) is 6.30. The molecule has 2 heterocycles. The van der Waals surface area contributed by atoms with Gasteiger partial charge in [0.1, 0.15) is 5.75 Å². The zero-order chi connectivity index (χ0) is 22.5. The summed E-state index contributed by atoms with van der Waals surface area (Å²) in [5.74, 6) is 0.170. The van der Waals surface area contributed by atoms with E-state index in [2.05, 4.69) is 4.90 Å². The number of nitrogens with zero attached hydrogens (tertiary/aromatic N) is 4. The average molecular weight is 451 g/mol. The zero-order valence-electron chi connectivity index (χ0n) is 18.5. The van der Waals surface area contributed by atoms with Gasteiger partial charge in [0.15, 0.2) is 0 Å². The molecule has 2 fully saturated rings. The molecule has 8 nitrogen and oxygen atoms in total. The molecule has 31 heavy (non-hydrogen) atoms. The van der Waals surface area contributed by atoms with E-state index in [0.29, 0.717) is 68.8 Å². The predicted molar refractivity (Wildman–Crippen MR) is 119 cm³/mol. The molecule has 0 N–H and O–H groups in total. The lowest BCUT2D eigenvalue weighted by Gasteiger charge is -2.36. The highest BCUT2D eigenvalue weighted by Gasteiger charge is 2.39. The lowest BCUT2D eigenvalue weighted by Crippen LogP contribution is -2.52. The minimum atomic E-state index is -0.389. The molecule has 0 aromatic heterocycles. The molecule has 9 heteroatoms. The highest BCUT2D eigenvalue weighted by Crippen LogP contribution is 2.35. The summed E-state index contributed by atoms with van der Waals surface area (Å²) in [5.41, 5.74) is 0.593. The number of hydrogen-bond acceptors (Lipinski definition) is 5. The van der Waals surface area contributed by atoms with Crippen molar-refractivity contribution >= 4 is 35.0 Å². The number of benzene rings is 1. The molecule has 2 aliphatic rings. The summed E-state index contributed by atoms with van der Waals surface area (Å²) >= 11 is 6.11. The van der Waals surface area contributed by atoms with Gasteiger partial charge in [0, 0.05) is 57.3 Å². The van der Waals surface area contributed by atoms with Crippen molar-refractivity contribution in [2.45, 2.75) is 20.3 Å². The van der Waals surface area contributed by atoms with Crippen molar-refractivity contribution in [1.82, 2.24) is 14.7 Å². The van der Waals surface area contributed by atoms with Crippen LogP contribution in [0.25, 0.3) is 0 Å². The Morgan fingerprint density at radius 2 is 1.84 bits per heavy atom. The number of methoxy groups -OCH3 is 1. The maximum Gasteiger partial charge on any atom is 0.236 e. The van der Waals surface area contributed by atoms with Gasteiger partial charge in [-0.2, -0.15) is 0 Å². The summed E-state index contributed by atoms with van der Waals surface area (Å²) < 4.78 is 5.37. The lowest BCUT2D eigenvalue weighted by molar-refractivity contribution is -0.138. The van der Waals surface area contributed by atoms with Crippen LogP contribution in [0, 0.1) is 5.92 Å². The average Bonchev–Trinajstić information content (AvgIpc) is 3.16. The molecule has 2 aliphatic heterocycles. The minimum absolute atomic E-state index is 0.00781. The van der Waals surface area contributed by atoms with Crippen LogP contribution in [-0.4, -0.2) is 91.9 Å². The molecular formula is C22H31ClN4O4. The van der Waals surface area contributed by atoms with Crippen LogP contribution in [0.3, 0.4) is 0 Å². The Morgan fingerprint density at radius 1 is 1.16 bits per heavy atom. The largest absolute Gasteiger partial charge is 0.495 e. The Balaban J connectivity index is 1.57. The zero-order valence-corrected chi connectivity index (χ0v) is 19.2. The quantitative estimate of drug-likeness (QED) is 0.632. The van der Waals surface area contributed by atoms with Crippen molar-refractivity contribution in [3.8, 4) is 5.75 Å². The van der Waals surface area contributed by atoms with Crippen molar-refractivity contribution in [1.29, 1.82) is 0 Å². The summed E-state index contributed by atoms with van der Waals surface area (Å²) in [5, 5.41) is 0.508. The number of carbonyl (C=O) groups is 3. The maximum absolute atomic E-state index is 13.1. The first-order valence-corrected chi connectivity index (χ1v) is 11.2. The summed E-state index contributed by atoms with van der Waals surface area (Å²) in [7, 11) is 1.54. The van der Waals surface area contributed by atoms with Gasteiger partial charge in [0.05, 0.1) is 25.3 Å². The summed E-state index contributed by atoms with van der Waals surface area (Å²) in [6, 6.07) is 5.12. The first kappa shape index (κ1) is 23.3. The smallest absolute Gasteiger partial charge is 0.236 e. The molecule has 1 aromatic carbocycles. The van der Waals surface area contributed by atoms with Gasteiger partial charge in [-0.1, -0.05) is 11.6 Å². The van der Waals surface area contributed by atoms with Gasteiger partial charge in [-0.05, 0) is 32.0 Å². The number of hydrogen-bond donors (Lipinski definition) is 0. The monoisotopic (exact) mass is 450 g/mol. The fourth-order valence-electron chi connectivity index (χ4n) is 4.23. The molecule has 0 saturated carbocycles. The van der Waals surface area contributed by atoms with Gasteiger partial charge in [0.2, 0.25) is 17.7 Å². The summed E-state index contributed by atoms with van der Waals surface area (Å²) in [4.78, 5) is 45.4. The first-order chi connectivity index (χ1) is 14.9. The van der Waals surface area contributed by atoms with E-state index in [1.54, 1.807) is 30.2 Å². The van der Waals surface area contributed by atoms with E-state index >= 15 is 0 Å². The van der Waals surface area contributed by atoms with Crippen LogP contribution >= 0.6 is 11.6 Å². The van der Waals surface area contributed by atoms with Crippen LogP contribution in [-0.2, 0) is 14.4 Å². The van der Waals surface area contributed by atoms with Crippen molar-refractivity contribution in [2.24, 2.45) is 5.92 Å². The van der Waals surface area contributed by atoms with Gasteiger partial charge in [-0.25, -0.2) is 0 Å². The Morgan fingerprint density at radius 3 is 2.45 bits per heavy atom. The topological polar surface area (TPSA) is 73.4 Å². The molecular weight excluding hydrogens is 420 g/mol. The van der Waals surface area contributed by atoms with Crippen LogP contribution in [0.5, 0.6) is 5.75 Å². The molecule has 1 aromatic rings. The minimum Gasteiger partial charge on any atom is -0.495 e. The Labute approximate surface area is 188 Å². The number of amides is 3. The number of halogens is 1. The Hall–Kier alpha value is -2.32. The van der Waals surface area contributed by atoms with Crippen LogP contribution in [0.15, 0.2) is 18.2 Å². The molecule has 170 valence electrons. The van der Waals surface area contributed by atoms with E-state index in [1.807, 2.05) is 23.6 Å². The number of anilines is 1. The fourth-order valence-corrected chi connectivity index (χ4v) is 4.40. The van der Waals surface area contributed by atoms with E-state index in [4.69, 9.17) is 16.3 Å². The van der Waals surface area contributed by atoms with E-state index < -0.39 is 0 Å². The number of rotatable bonds is 7. The number of piperazine rings is 1. The van der Waals surface area contributed by atoms with Crippen LogP contribution in [0.2, 0.25) is 5.02 Å². The summed E-state index contributed by atoms with van der Waals surface area (Å²) in [6.07, 6.45) is 0.176. The van der Waals surface area contributed by atoms with Gasteiger partial charge in [0.25, 0.3) is 0 Å². The number of carbonyl (C=O) groups excluding carboxylic acids is 3. The molecule has 2 saturated heterocycles. The first-order valence-electron chi connectivity index (χ1n) is 10.8. The maximum atomic E-state index is 13.1.